The SMILES string of the molecule is CC(CN(C)CCN1CCNC1=O)C(N)=S. The molecule has 1 aliphatic rings. The molecule has 16 heavy (non-hydrogen) atoms. The summed E-state index contributed by atoms with van der Waals surface area (Å²) in [5, 5.41) is 2.78. The molecule has 1 rings (SSSR count). The van der Waals surface area contributed by atoms with Gasteiger partial charge in [-0.05, 0) is 7.05 Å². The molecule has 5 nitrogen and oxygen atoms in total. The van der Waals surface area contributed by atoms with E-state index in [0.29, 0.717) is 4.99 Å². The Morgan fingerprint density at radius 1 is 1.75 bits per heavy atom. The van der Waals surface area contributed by atoms with Crippen molar-refractivity contribution in [1.29, 1.82) is 0 Å². The number of carbonyl (C=O) groups excluding carboxylic acids is 1. The Kier molecular flexibility index (Phi) is 4.95. The highest BCUT2D eigenvalue weighted by atomic mass is 32.1. The molecular weight excluding hydrogens is 224 g/mol. The molecule has 1 aliphatic heterocycles. The van der Waals surface area contributed by atoms with Gasteiger partial charge in [0.2, 0.25) is 0 Å². The molecule has 2 amide bonds. The topological polar surface area (TPSA) is 61.6 Å². The zero-order valence-corrected chi connectivity index (χ0v) is 10.7. The third-order valence-corrected chi connectivity index (χ3v) is 3.17. The second-order valence-electron chi connectivity index (χ2n) is 4.28. The quantitative estimate of drug-likeness (QED) is 0.639. The predicted molar refractivity (Wildman–Crippen MR) is 68.4 cm³/mol. The first kappa shape index (κ1) is 13.2. The molecule has 0 aromatic rings. The maximum absolute atomic E-state index is 11.3. The lowest BCUT2D eigenvalue weighted by Gasteiger charge is -2.23. The summed E-state index contributed by atoms with van der Waals surface area (Å²) >= 11 is 4.92. The van der Waals surface area contributed by atoms with E-state index >= 15 is 0 Å². The minimum atomic E-state index is 0.0378. The highest BCUT2D eigenvalue weighted by molar-refractivity contribution is 7.80. The summed E-state index contributed by atoms with van der Waals surface area (Å²) < 4.78 is 0. The van der Waals surface area contributed by atoms with Crippen molar-refractivity contribution >= 4 is 23.2 Å². The molecule has 1 fully saturated rings. The standard InChI is InChI=1S/C10H20N4OS/c1-8(9(11)16)7-13(2)5-6-14-4-3-12-10(14)15/h8H,3-7H2,1-2H3,(H2,11,16)(H,12,15). The fourth-order valence-corrected chi connectivity index (χ4v) is 1.74. The van der Waals surface area contributed by atoms with E-state index in [1.54, 1.807) is 0 Å². The minimum Gasteiger partial charge on any atom is -0.393 e. The summed E-state index contributed by atoms with van der Waals surface area (Å²) in [6.45, 7) is 6.02. The second-order valence-corrected chi connectivity index (χ2v) is 4.76. The van der Waals surface area contributed by atoms with Gasteiger partial charge < -0.3 is 20.9 Å². The average Bonchev–Trinajstić information content (AvgIpc) is 2.61. The fourth-order valence-electron chi connectivity index (χ4n) is 1.66. The van der Waals surface area contributed by atoms with Crippen molar-refractivity contribution in [3.05, 3.63) is 0 Å². The van der Waals surface area contributed by atoms with Crippen LogP contribution in [-0.4, -0.2) is 60.6 Å². The molecule has 0 spiro atoms. The number of thiocarbonyl (C=S) groups is 1. The number of nitrogens with two attached hydrogens (primary N) is 1. The summed E-state index contributed by atoms with van der Waals surface area (Å²) in [7, 11) is 2.02. The van der Waals surface area contributed by atoms with E-state index in [1.165, 1.54) is 0 Å². The maximum Gasteiger partial charge on any atom is 0.317 e. The molecular formula is C10H20N4OS. The van der Waals surface area contributed by atoms with E-state index in [2.05, 4.69) is 10.2 Å². The van der Waals surface area contributed by atoms with E-state index in [0.717, 1.165) is 32.7 Å². The first-order valence-electron chi connectivity index (χ1n) is 5.51. The van der Waals surface area contributed by atoms with Crippen molar-refractivity contribution in [1.82, 2.24) is 15.1 Å². The third kappa shape index (κ3) is 3.94. The van der Waals surface area contributed by atoms with Crippen molar-refractivity contribution in [3.63, 3.8) is 0 Å². The van der Waals surface area contributed by atoms with Gasteiger partial charge in [0.05, 0.1) is 4.99 Å². The number of nitrogens with one attached hydrogen (secondary N) is 1. The van der Waals surface area contributed by atoms with Crippen LogP contribution in [0, 0.1) is 5.92 Å². The van der Waals surface area contributed by atoms with Gasteiger partial charge >= 0.3 is 6.03 Å². The number of amides is 2. The lowest BCUT2D eigenvalue weighted by Crippen LogP contribution is -2.38. The zero-order chi connectivity index (χ0) is 12.1. The first-order chi connectivity index (χ1) is 7.50. The minimum absolute atomic E-state index is 0.0378. The van der Waals surface area contributed by atoms with Crippen LogP contribution < -0.4 is 11.1 Å². The Morgan fingerprint density at radius 3 is 2.94 bits per heavy atom. The van der Waals surface area contributed by atoms with Gasteiger partial charge in [0, 0.05) is 38.6 Å². The molecule has 1 saturated heterocycles. The van der Waals surface area contributed by atoms with Crippen LogP contribution in [0.2, 0.25) is 0 Å². The monoisotopic (exact) mass is 244 g/mol. The van der Waals surface area contributed by atoms with Gasteiger partial charge in [0.15, 0.2) is 0 Å². The van der Waals surface area contributed by atoms with Crippen molar-refractivity contribution in [2.75, 3.05) is 39.8 Å². The highest BCUT2D eigenvalue weighted by Crippen LogP contribution is 2.00. The van der Waals surface area contributed by atoms with Gasteiger partial charge in [-0.3, -0.25) is 0 Å². The van der Waals surface area contributed by atoms with Crippen molar-refractivity contribution in [3.8, 4) is 0 Å². The summed E-state index contributed by atoms with van der Waals surface area (Å²) in [5.41, 5.74) is 5.55. The lowest BCUT2D eigenvalue weighted by atomic mass is 10.2. The largest absolute Gasteiger partial charge is 0.393 e. The Bertz CT molecular complexity index is 272. The lowest BCUT2D eigenvalue weighted by molar-refractivity contribution is 0.207. The van der Waals surface area contributed by atoms with E-state index in [4.69, 9.17) is 18.0 Å². The Morgan fingerprint density at radius 2 is 2.44 bits per heavy atom. The van der Waals surface area contributed by atoms with E-state index in [9.17, 15) is 4.79 Å². The highest BCUT2D eigenvalue weighted by Gasteiger charge is 2.19. The molecule has 3 N–H and O–H groups in total. The predicted octanol–water partition coefficient (Wildman–Crippen LogP) is -0.134. The molecule has 1 atom stereocenters. The third-order valence-electron chi connectivity index (χ3n) is 2.77. The van der Waals surface area contributed by atoms with Gasteiger partial charge in [-0.1, -0.05) is 19.1 Å². The number of hydrogen-bond donors (Lipinski definition) is 2. The van der Waals surface area contributed by atoms with Crippen LogP contribution in [0.4, 0.5) is 4.79 Å². The van der Waals surface area contributed by atoms with E-state index < -0.39 is 0 Å². The molecule has 0 aromatic carbocycles. The van der Waals surface area contributed by atoms with Crippen LogP contribution in [0.1, 0.15) is 6.92 Å². The van der Waals surface area contributed by atoms with Gasteiger partial charge in [-0.15, -0.1) is 0 Å². The van der Waals surface area contributed by atoms with Crippen molar-refractivity contribution < 1.29 is 4.79 Å². The molecule has 0 aliphatic carbocycles. The molecule has 0 aromatic heterocycles. The Balaban J connectivity index is 2.21. The number of likely N-dealkylation sites (N-methyl/N-ethyl adjacent to an activating group) is 1. The summed E-state index contributed by atoms with van der Waals surface area (Å²) in [4.78, 5) is 15.8. The summed E-state index contributed by atoms with van der Waals surface area (Å²) in [6.07, 6.45) is 0. The summed E-state index contributed by atoms with van der Waals surface area (Å²) in [5.74, 6) is 0.215. The number of hydrogen-bond acceptors (Lipinski definition) is 3. The normalized spacial score (nSPS) is 17.7. The van der Waals surface area contributed by atoms with Crippen LogP contribution in [0.3, 0.4) is 0 Å². The molecule has 1 heterocycles. The van der Waals surface area contributed by atoms with Crippen molar-refractivity contribution in [2.24, 2.45) is 11.7 Å². The van der Waals surface area contributed by atoms with Gasteiger partial charge in [0.1, 0.15) is 0 Å². The van der Waals surface area contributed by atoms with E-state index in [-0.39, 0.29) is 11.9 Å². The van der Waals surface area contributed by atoms with Crippen LogP contribution in [0.25, 0.3) is 0 Å². The van der Waals surface area contributed by atoms with Crippen LogP contribution in [-0.2, 0) is 0 Å². The zero-order valence-electron chi connectivity index (χ0n) is 9.90. The average molecular weight is 244 g/mol. The maximum atomic E-state index is 11.3. The molecule has 6 heteroatoms. The van der Waals surface area contributed by atoms with Crippen LogP contribution in [0.15, 0.2) is 0 Å². The van der Waals surface area contributed by atoms with Crippen molar-refractivity contribution in [2.45, 2.75) is 6.92 Å². The fraction of sp³-hybridized carbons (Fsp3) is 0.800. The molecule has 0 saturated carbocycles. The number of carbonyl (C=O) groups is 1. The first-order valence-corrected chi connectivity index (χ1v) is 5.92. The second kappa shape index (κ2) is 6.00. The van der Waals surface area contributed by atoms with Crippen LogP contribution >= 0.6 is 12.2 Å². The molecule has 0 radical (unpaired) electrons. The number of nitrogens with zero attached hydrogens (tertiary/aromatic N) is 2. The van der Waals surface area contributed by atoms with Gasteiger partial charge in [0.25, 0.3) is 0 Å². The molecule has 1 unspecified atom stereocenters. The molecule has 92 valence electrons. The van der Waals surface area contributed by atoms with Crippen LogP contribution in [0.5, 0.6) is 0 Å². The Hall–Kier alpha value is -0.880. The van der Waals surface area contributed by atoms with Gasteiger partial charge in [-0.2, -0.15) is 0 Å². The Labute approximate surface area is 102 Å². The molecule has 0 bridgehead atoms. The summed E-state index contributed by atoms with van der Waals surface area (Å²) in [6, 6.07) is 0.0378. The number of rotatable bonds is 6. The van der Waals surface area contributed by atoms with E-state index in [1.807, 2.05) is 18.9 Å². The number of urea groups is 1. The smallest absolute Gasteiger partial charge is 0.317 e. The van der Waals surface area contributed by atoms with Gasteiger partial charge in [-0.25, -0.2) is 4.79 Å².